The van der Waals surface area contributed by atoms with E-state index in [1.807, 2.05) is 0 Å². The molecule has 4 aliphatic carbocycles. The molecule has 14 rings (SSSR count). The van der Waals surface area contributed by atoms with Gasteiger partial charge in [-0.25, -0.2) is 0 Å². The van der Waals surface area contributed by atoms with E-state index in [0.717, 1.165) is 17.8 Å². The van der Waals surface area contributed by atoms with Crippen molar-refractivity contribution in [1.29, 1.82) is 0 Å². The van der Waals surface area contributed by atoms with Gasteiger partial charge in [0.25, 0.3) is 6.71 Å². The molecule has 0 amide bonds. The molecule has 0 saturated carbocycles. The second-order valence-electron chi connectivity index (χ2n) is 26.2. The van der Waals surface area contributed by atoms with Gasteiger partial charge < -0.3 is 9.80 Å². The molecule has 0 aromatic heterocycles. The van der Waals surface area contributed by atoms with E-state index in [1.165, 1.54) is 112 Å². The molecule has 3 atom stereocenters. The van der Waals surface area contributed by atoms with Crippen molar-refractivity contribution in [2.75, 3.05) is 9.80 Å². The second-order valence-corrected chi connectivity index (χ2v) is 26.2. The highest BCUT2D eigenvalue weighted by atomic mass is 15.2. The maximum absolute atomic E-state index is 2.64. The van der Waals surface area contributed by atoms with Crippen molar-refractivity contribution in [3.05, 3.63) is 264 Å². The summed E-state index contributed by atoms with van der Waals surface area (Å²) >= 11 is 0. The first-order valence-electron chi connectivity index (χ1n) is 28.8. The van der Waals surface area contributed by atoms with Crippen LogP contribution in [0.4, 0.5) is 34.1 Å². The van der Waals surface area contributed by atoms with Gasteiger partial charge in [0.15, 0.2) is 0 Å². The van der Waals surface area contributed by atoms with Gasteiger partial charge in [-0.3, -0.25) is 0 Å². The first kappa shape index (κ1) is 49.2. The third-order valence-electron chi connectivity index (χ3n) is 18.1. The van der Waals surface area contributed by atoms with Crippen molar-refractivity contribution < 1.29 is 0 Å². The molecular weight excluding hydrogens is 952 g/mol. The normalized spacial score (nSPS) is 18.9. The number of nitrogens with zero attached hydrogens (tertiary/aromatic N) is 2. The molecule has 3 heteroatoms. The third-order valence-corrected chi connectivity index (χ3v) is 18.1. The monoisotopic (exact) mass is 1020 g/mol. The molecule has 6 aliphatic rings. The fourth-order valence-electron chi connectivity index (χ4n) is 13.8. The lowest BCUT2D eigenvalue weighted by Crippen LogP contribution is -2.61. The molecule has 0 fully saturated rings. The van der Waals surface area contributed by atoms with Gasteiger partial charge >= 0.3 is 0 Å². The van der Waals surface area contributed by atoms with Gasteiger partial charge in [0.2, 0.25) is 0 Å². The van der Waals surface area contributed by atoms with Crippen LogP contribution in [0.25, 0.3) is 39.0 Å². The fourth-order valence-corrected chi connectivity index (χ4v) is 13.8. The smallest absolute Gasteiger partial charge is 0.252 e. The Hall–Kier alpha value is -8.14. The van der Waals surface area contributed by atoms with Gasteiger partial charge in [0.1, 0.15) is 0 Å². The Kier molecular flexibility index (Phi) is 11.3. The van der Waals surface area contributed by atoms with Gasteiger partial charge in [-0.15, -0.1) is 0 Å². The quantitative estimate of drug-likeness (QED) is 0.153. The third kappa shape index (κ3) is 8.30. The standard InChI is InChI=1S/C76H69BN2/c1-74(2,3)58-39-55-25-26-56-40-59(75(4,5)6)45-64-63(42-57(41-58)71(55)72(56)64)54-31-37-65-68(44-54)79(62-35-29-52(30-36-62)49-21-15-11-16-22-49)70-47-60(76(7,8)9)46-69-73(70)77(65)66-43-53(50-23-17-12-18-24-50)32-38-67(66)78(69)61-33-27-51(28-34-61)48-19-13-10-14-20-48/h10-39,41-47,56,71-72H,40H2,1-9H3. The molecule has 0 radical (unpaired) electrons. The average Bonchev–Trinajstić information content (AvgIpc) is 3.61. The van der Waals surface area contributed by atoms with Crippen molar-refractivity contribution in [3.63, 3.8) is 0 Å². The molecular formula is C76H69BN2. The van der Waals surface area contributed by atoms with Gasteiger partial charge in [0, 0.05) is 46.0 Å². The number of hydrogen-bond donors (Lipinski definition) is 0. The molecule has 8 aromatic carbocycles. The predicted molar refractivity (Wildman–Crippen MR) is 338 cm³/mol. The van der Waals surface area contributed by atoms with E-state index >= 15 is 0 Å². The lowest BCUT2D eigenvalue weighted by molar-refractivity contribution is 0.329. The van der Waals surface area contributed by atoms with E-state index in [9.17, 15) is 0 Å². The molecule has 0 N–H and O–H groups in total. The Labute approximate surface area is 469 Å². The van der Waals surface area contributed by atoms with Gasteiger partial charge in [-0.05, 0) is 166 Å². The van der Waals surface area contributed by atoms with E-state index in [4.69, 9.17) is 0 Å². The highest BCUT2D eigenvalue weighted by molar-refractivity contribution is 7.00. The van der Waals surface area contributed by atoms with Crippen LogP contribution >= 0.6 is 0 Å². The van der Waals surface area contributed by atoms with E-state index in [0.29, 0.717) is 17.8 Å². The SMILES string of the molecule is CC(C)(C)C1=CC2=CC(c3ccc4c(c3)N(c3ccc(-c5ccccc5)cc3)c3cc(C(C)(C)C)cc5c3B4c3cc(-c4ccccc4)ccc3N5c3ccc(-c4ccccc4)cc3)=C3C=C(C(C)(C)C)CC4C=CC(=C1)C2C34. The van der Waals surface area contributed by atoms with Crippen LogP contribution in [0.15, 0.2) is 252 Å². The highest BCUT2D eigenvalue weighted by Gasteiger charge is 2.47. The Morgan fingerprint density at radius 3 is 1.51 bits per heavy atom. The van der Waals surface area contributed by atoms with Crippen molar-refractivity contribution >= 4 is 62.8 Å². The maximum atomic E-state index is 2.64. The van der Waals surface area contributed by atoms with Gasteiger partial charge in [-0.2, -0.15) is 0 Å². The zero-order chi connectivity index (χ0) is 54.1. The van der Waals surface area contributed by atoms with E-state index < -0.39 is 0 Å². The number of rotatable bonds is 6. The molecule has 8 aromatic rings. The van der Waals surface area contributed by atoms with Crippen molar-refractivity contribution in [1.82, 2.24) is 0 Å². The van der Waals surface area contributed by atoms with Gasteiger partial charge in [0.05, 0.1) is 0 Å². The first-order chi connectivity index (χ1) is 38.0. The minimum Gasteiger partial charge on any atom is -0.311 e. The van der Waals surface area contributed by atoms with Crippen LogP contribution in [0.1, 0.15) is 79.9 Å². The predicted octanol–water partition coefficient (Wildman–Crippen LogP) is 18.5. The molecule has 0 bridgehead atoms. The summed E-state index contributed by atoms with van der Waals surface area (Å²) in [6, 6.07) is 71.0. The summed E-state index contributed by atoms with van der Waals surface area (Å²) < 4.78 is 0. The van der Waals surface area contributed by atoms with Crippen LogP contribution < -0.4 is 26.2 Å². The van der Waals surface area contributed by atoms with E-state index in [1.54, 1.807) is 5.57 Å². The summed E-state index contributed by atoms with van der Waals surface area (Å²) in [6.45, 7) is 21.4. The molecule has 386 valence electrons. The first-order valence-corrected chi connectivity index (χ1v) is 28.8. The van der Waals surface area contributed by atoms with E-state index in [2.05, 4.69) is 297 Å². The zero-order valence-corrected chi connectivity index (χ0v) is 47.3. The highest BCUT2D eigenvalue weighted by Crippen LogP contribution is 2.57. The van der Waals surface area contributed by atoms with Crippen LogP contribution in [0.2, 0.25) is 0 Å². The summed E-state index contributed by atoms with van der Waals surface area (Å²) in [5.41, 5.74) is 29.7. The number of benzene rings is 8. The Balaban J connectivity index is 1.04. The number of hydrogen-bond acceptors (Lipinski definition) is 2. The zero-order valence-electron chi connectivity index (χ0n) is 47.3. The summed E-state index contributed by atoms with van der Waals surface area (Å²) in [4.78, 5) is 5.20. The van der Waals surface area contributed by atoms with E-state index in [-0.39, 0.29) is 23.0 Å². The van der Waals surface area contributed by atoms with Crippen molar-refractivity contribution in [3.8, 4) is 33.4 Å². The summed E-state index contributed by atoms with van der Waals surface area (Å²) in [7, 11) is 0. The summed E-state index contributed by atoms with van der Waals surface area (Å²) in [5.74, 6) is 1.17. The molecule has 2 nitrogen and oxygen atoms in total. The van der Waals surface area contributed by atoms with Crippen LogP contribution in [0, 0.1) is 28.6 Å². The van der Waals surface area contributed by atoms with Crippen molar-refractivity contribution in [2.45, 2.75) is 74.1 Å². The molecule has 79 heavy (non-hydrogen) atoms. The Bertz CT molecular complexity index is 3960. The Morgan fingerprint density at radius 1 is 0.418 bits per heavy atom. The van der Waals surface area contributed by atoms with Crippen LogP contribution in [-0.4, -0.2) is 6.71 Å². The summed E-state index contributed by atoms with van der Waals surface area (Å²) in [5, 5.41) is 0. The van der Waals surface area contributed by atoms with Crippen molar-refractivity contribution in [2.24, 2.45) is 28.6 Å². The second kappa shape index (κ2) is 18.2. The molecule has 0 spiro atoms. The topological polar surface area (TPSA) is 6.48 Å². The van der Waals surface area contributed by atoms with Crippen LogP contribution in [0.3, 0.4) is 0 Å². The molecule has 2 heterocycles. The minimum absolute atomic E-state index is 0.0257. The lowest BCUT2D eigenvalue weighted by Gasteiger charge is -2.48. The number of allylic oxidation sites excluding steroid dienone is 12. The average molecular weight is 1020 g/mol. The van der Waals surface area contributed by atoms with Gasteiger partial charge in [-0.1, -0.05) is 244 Å². The summed E-state index contributed by atoms with van der Waals surface area (Å²) in [6.07, 6.45) is 16.5. The molecule has 3 unspecified atom stereocenters. The minimum atomic E-state index is -0.153. The van der Waals surface area contributed by atoms with Crippen LogP contribution in [0.5, 0.6) is 0 Å². The molecule has 2 aliphatic heterocycles. The maximum Gasteiger partial charge on any atom is 0.252 e. The van der Waals surface area contributed by atoms with Crippen LogP contribution in [-0.2, 0) is 5.41 Å². The Morgan fingerprint density at radius 2 is 0.949 bits per heavy atom. The lowest BCUT2D eigenvalue weighted by atomic mass is 9.33. The number of fused-ring (bicyclic) bond motifs is 4. The number of anilines is 6. The fraction of sp³-hybridized carbons (Fsp3) is 0.211. The largest absolute Gasteiger partial charge is 0.311 e. The molecule has 0 saturated heterocycles.